The highest BCUT2D eigenvalue weighted by molar-refractivity contribution is 4.83. The number of hydrogen-bond donors (Lipinski definition) is 0. The van der Waals surface area contributed by atoms with Gasteiger partial charge in [-0.05, 0) is 30.6 Å². The molecule has 0 nitrogen and oxygen atoms in total. The summed E-state index contributed by atoms with van der Waals surface area (Å²) in [6, 6.07) is 0. The quantitative estimate of drug-likeness (QED) is 0.561. The van der Waals surface area contributed by atoms with Crippen molar-refractivity contribution < 1.29 is 0 Å². The summed E-state index contributed by atoms with van der Waals surface area (Å²) in [5.41, 5.74) is 0. The Bertz CT molecular complexity index is 96.2. The van der Waals surface area contributed by atoms with Crippen molar-refractivity contribution in [2.24, 2.45) is 17.8 Å². The molecule has 0 bridgehead atoms. The summed E-state index contributed by atoms with van der Waals surface area (Å²) >= 11 is 0. The molecule has 0 aromatic rings. The lowest BCUT2D eigenvalue weighted by atomic mass is 9.99. The van der Waals surface area contributed by atoms with Gasteiger partial charge >= 0.3 is 0 Å². The van der Waals surface area contributed by atoms with Gasteiger partial charge in [-0.25, -0.2) is 0 Å². The molecular weight excluding hydrogens is 120 g/mol. The van der Waals surface area contributed by atoms with Crippen molar-refractivity contribution in [2.45, 2.75) is 46.5 Å². The zero-order valence-corrected chi connectivity index (χ0v) is 7.56. The van der Waals surface area contributed by atoms with Gasteiger partial charge in [0.05, 0.1) is 0 Å². The molecule has 0 N–H and O–H groups in total. The largest absolute Gasteiger partial charge is 0.0654 e. The minimum atomic E-state index is 0.986. The highest BCUT2D eigenvalue weighted by Crippen LogP contribution is 2.42. The number of hydrogen-bond acceptors (Lipinski definition) is 0. The molecule has 60 valence electrons. The number of rotatable bonds is 4. The Morgan fingerprint density at radius 2 is 2.10 bits per heavy atom. The lowest BCUT2D eigenvalue weighted by Gasteiger charge is -2.07. The van der Waals surface area contributed by atoms with Crippen LogP contribution in [0.2, 0.25) is 0 Å². The van der Waals surface area contributed by atoms with Crippen molar-refractivity contribution in [3.05, 3.63) is 0 Å². The van der Waals surface area contributed by atoms with Gasteiger partial charge in [-0.1, -0.05) is 33.6 Å². The Morgan fingerprint density at radius 3 is 2.50 bits per heavy atom. The zero-order chi connectivity index (χ0) is 7.56. The van der Waals surface area contributed by atoms with Crippen molar-refractivity contribution in [3.8, 4) is 0 Å². The molecule has 0 amide bonds. The Hall–Kier alpha value is 0. The van der Waals surface area contributed by atoms with Crippen LogP contribution < -0.4 is 0 Å². The van der Waals surface area contributed by atoms with E-state index in [4.69, 9.17) is 0 Å². The predicted octanol–water partition coefficient (Wildman–Crippen LogP) is 3.47. The van der Waals surface area contributed by atoms with Gasteiger partial charge in [0, 0.05) is 0 Å². The van der Waals surface area contributed by atoms with Crippen LogP contribution >= 0.6 is 0 Å². The third kappa shape index (κ3) is 2.32. The zero-order valence-electron chi connectivity index (χ0n) is 7.56. The SMILES string of the molecule is CCCC(C)C[C@@H]1C[C@@H]1C. The molecule has 0 saturated heterocycles. The van der Waals surface area contributed by atoms with E-state index in [0.29, 0.717) is 0 Å². The van der Waals surface area contributed by atoms with Gasteiger partial charge in [0.1, 0.15) is 0 Å². The third-order valence-electron chi connectivity index (χ3n) is 2.76. The van der Waals surface area contributed by atoms with Crippen LogP contribution in [0.15, 0.2) is 0 Å². The second-order valence-corrected chi connectivity index (χ2v) is 4.10. The van der Waals surface area contributed by atoms with Crippen LogP contribution in [0.5, 0.6) is 0 Å². The first-order valence-corrected chi connectivity index (χ1v) is 4.74. The van der Waals surface area contributed by atoms with Crippen LogP contribution in [0, 0.1) is 17.8 Å². The second-order valence-electron chi connectivity index (χ2n) is 4.10. The minimum absolute atomic E-state index is 0.986. The van der Waals surface area contributed by atoms with Crippen molar-refractivity contribution in [2.75, 3.05) is 0 Å². The van der Waals surface area contributed by atoms with E-state index in [1.807, 2.05) is 0 Å². The van der Waals surface area contributed by atoms with Crippen LogP contribution in [0.3, 0.4) is 0 Å². The lowest BCUT2D eigenvalue weighted by Crippen LogP contribution is -1.95. The molecule has 0 aromatic heterocycles. The molecule has 0 spiro atoms. The van der Waals surface area contributed by atoms with Crippen molar-refractivity contribution in [1.82, 2.24) is 0 Å². The van der Waals surface area contributed by atoms with Gasteiger partial charge < -0.3 is 0 Å². The van der Waals surface area contributed by atoms with Crippen molar-refractivity contribution in [3.63, 3.8) is 0 Å². The van der Waals surface area contributed by atoms with Gasteiger partial charge in [-0.2, -0.15) is 0 Å². The van der Waals surface area contributed by atoms with Crippen LogP contribution in [0.4, 0.5) is 0 Å². The van der Waals surface area contributed by atoms with Crippen LogP contribution in [-0.2, 0) is 0 Å². The summed E-state index contributed by atoms with van der Waals surface area (Å²) < 4.78 is 0. The fourth-order valence-electron chi connectivity index (χ4n) is 1.85. The molecule has 1 aliphatic rings. The van der Waals surface area contributed by atoms with Crippen LogP contribution in [0.1, 0.15) is 46.5 Å². The molecule has 1 fully saturated rings. The van der Waals surface area contributed by atoms with E-state index in [1.165, 1.54) is 25.7 Å². The molecule has 0 aromatic carbocycles. The Morgan fingerprint density at radius 1 is 1.50 bits per heavy atom. The summed E-state index contributed by atoms with van der Waals surface area (Å²) in [7, 11) is 0. The highest BCUT2D eigenvalue weighted by atomic mass is 14.4. The van der Waals surface area contributed by atoms with Gasteiger partial charge in [0.2, 0.25) is 0 Å². The molecule has 1 unspecified atom stereocenters. The van der Waals surface area contributed by atoms with E-state index in [2.05, 4.69) is 20.8 Å². The van der Waals surface area contributed by atoms with Crippen LogP contribution in [-0.4, -0.2) is 0 Å². The van der Waals surface area contributed by atoms with Crippen LogP contribution in [0.25, 0.3) is 0 Å². The first-order chi connectivity index (χ1) is 4.74. The van der Waals surface area contributed by atoms with E-state index in [-0.39, 0.29) is 0 Å². The Labute approximate surface area is 65.0 Å². The van der Waals surface area contributed by atoms with E-state index in [9.17, 15) is 0 Å². The molecular formula is C10H20. The van der Waals surface area contributed by atoms with Gasteiger partial charge in [0.25, 0.3) is 0 Å². The summed E-state index contributed by atoms with van der Waals surface area (Å²) in [5, 5.41) is 0. The molecule has 1 aliphatic carbocycles. The van der Waals surface area contributed by atoms with E-state index in [0.717, 1.165) is 17.8 Å². The van der Waals surface area contributed by atoms with Gasteiger partial charge in [-0.15, -0.1) is 0 Å². The first-order valence-electron chi connectivity index (χ1n) is 4.74. The molecule has 0 radical (unpaired) electrons. The monoisotopic (exact) mass is 140 g/mol. The molecule has 0 aliphatic heterocycles. The lowest BCUT2D eigenvalue weighted by molar-refractivity contribution is 0.446. The topological polar surface area (TPSA) is 0 Å². The van der Waals surface area contributed by atoms with E-state index >= 15 is 0 Å². The molecule has 1 saturated carbocycles. The molecule has 0 heterocycles. The Kier molecular flexibility index (Phi) is 2.76. The standard InChI is InChI=1S/C10H20/c1-4-5-8(2)6-10-7-9(10)3/h8-10H,4-7H2,1-3H3/t8?,9-,10+/m0/s1. The second kappa shape index (κ2) is 3.41. The molecule has 3 atom stereocenters. The first kappa shape index (κ1) is 8.10. The molecule has 10 heavy (non-hydrogen) atoms. The third-order valence-corrected chi connectivity index (χ3v) is 2.76. The molecule has 1 rings (SSSR count). The average Bonchev–Trinajstić information content (AvgIpc) is 2.47. The minimum Gasteiger partial charge on any atom is -0.0654 e. The maximum atomic E-state index is 2.40. The maximum absolute atomic E-state index is 2.40. The summed E-state index contributed by atoms with van der Waals surface area (Å²) in [6.07, 6.45) is 5.80. The van der Waals surface area contributed by atoms with Gasteiger partial charge in [0.15, 0.2) is 0 Å². The molecule has 0 heteroatoms. The fraction of sp³-hybridized carbons (Fsp3) is 1.00. The van der Waals surface area contributed by atoms with Crippen molar-refractivity contribution in [1.29, 1.82) is 0 Å². The highest BCUT2D eigenvalue weighted by Gasteiger charge is 2.32. The predicted molar refractivity (Wildman–Crippen MR) is 46.0 cm³/mol. The smallest absolute Gasteiger partial charge is 0.0383 e. The van der Waals surface area contributed by atoms with E-state index in [1.54, 1.807) is 0 Å². The van der Waals surface area contributed by atoms with Crippen molar-refractivity contribution >= 4 is 0 Å². The van der Waals surface area contributed by atoms with E-state index < -0.39 is 0 Å². The maximum Gasteiger partial charge on any atom is -0.0383 e. The fourth-order valence-corrected chi connectivity index (χ4v) is 1.85. The summed E-state index contributed by atoms with van der Waals surface area (Å²) in [4.78, 5) is 0. The summed E-state index contributed by atoms with van der Waals surface area (Å²) in [6.45, 7) is 7.06. The normalized spacial score (nSPS) is 33.9. The average molecular weight is 140 g/mol. The van der Waals surface area contributed by atoms with Gasteiger partial charge in [-0.3, -0.25) is 0 Å². The summed E-state index contributed by atoms with van der Waals surface area (Å²) in [5.74, 6) is 3.14. The Balaban J connectivity index is 2.01.